The van der Waals surface area contributed by atoms with Gasteiger partial charge in [-0.25, -0.2) is 4.79 Å². The minimum absolute atomic E-state index is 0.0112. The summed E-state index contributed by atoms with van der Waals surface area (Å²) < 4.78 is 2.71. The number of rotatable bonds is 4. The molecule has 1 aromatic carbocycles. The van der Waals surface area contributed by atoms with E-state index in [-0.39, 0.29) is 35.0 Å². The average Bonchev–Trinajstić information content (AvgIpc) is 3.57. The van der Waals surface area contributed by atoms with Gasteiger partial charge in [0.25, 0.3) is 11.5 Å². The molecule has 1 aromatic heterocycles. The number of hydrogen-bond donors (Lipinski definition) is 1. The number of aryl methyl sites for hydroxylation is 1. The molecule has 0 spiro atoms. The first-order valence-corrected chi connectivity index (χ1v) is 12.2. The minimum atomic E-state index is -0.536. The Kier molecular flexibility index (Phi) is 5.75. The molecule has 0 bridgehead atoms. The summed E-state index contributed by atoms with van der Waals surface area (Å²) in [6.07, 6.45) is 8.41. The molecule has 2 fully saturated rings. The summed E-state index contributed by atoms with van der Waals surface area (Å²) in [6.45, 7) is 3.61. The molecule has 0 saturated heterocycles. The van der Waals surface area contributed by atoms with Crippen LogP contribution in [-0.2, 0) is 4.79 Å². The molecule has 34 heavy (non-hydrogen) atoms. The number of benzene rings is 1. The van der Waals surface area contributed by atoms with Crippen molar-refractivity contribution in [3.05, 3.63) is 61.8 Å². The number of hydrazone groups is 1. The fourth-order valence-corrected chi connectivity index (χ4v) is 5.54. The van der Waals surface area contributed by atoms with Crippen molar-refractivity contribution in [1.29, 1.82) is 0 Å². The summed E-state index contributed by atoms with van der Waals surface area (Å²) in [6, 6.07) is 7.13. The van der Waals surface area contributed by atoms with Crippen LogP contribution in [0.15, 0.2) is 44.5 Å². The van der Waals surface area contributed by atoms with Crippen LogP contribution in [0.2, 0.25) is 0 Å². The number of para-hydroxylation sites is 1. The molecule has 178 valence electrons. The van der Waals surface area contributed by atoms with E-state index >= 15 is 0 Å². The summed E-state index contributed by atoms with van der Waals surface area (Å²) in [7, 11) is 0. The molecule has 1 amide bonds. The van der Waals surface area contributed by atoms with Gasteiger partial charge in [0.2, 0.25) is 5.88 Å². The highest BCUT2D eigenvalue weighted by Crippen LogP contribution is 2.34. The van der Waals surface area contributed by atoms with Crippen molar-refractivity contribution in [2.75, 3.05) is 5.01 Å². The molecule has 2 aromatic rings. The lowest BCUT2D eigenvalue weighted by atomic mass is 10.1. The summed E-state index contributed by atoms with van der Waals surface area (Å²) >= 11 is 0. The molecule has 0 radical (unpaired) electrons. The van der Waals surface area contributed by atoms with Crippen LogP contribution in [0.5, 0.6) is 5.88 Å². The quantitative estimate of drug-likeness (QED) is 0.693. The zero-order chi connectivity index (χ0) is 24.0. The number of carbonyl (C=O) groups excluding carboxylic acids is 1. The van der Waals surface area contributed by atoms with Crippen LogP contribution >= 0.6 is 0 Å². The molecular weight excluding hydrogens is 432 g/mol. The van der Waals surface area contributed by atoms with Crippen molar-refractivity contribution in [2.45, 2.75) is 77.3 Å². The molecule has 1 N–H and O–H groups in total. The van der Waals surface area contributed by atoms with E-state index in [0.717, 1.165) is 56.9 Å². The van der Waals surface area contributed by atoms with E-state index in [0.29, 0.717) is 11.4 Å². The van der Waals surface area contributed by atoms with Crippen molar-refractivity contribution in [3.63, 3.8) is 0 Å². The van der Waals surface area contributed by atoms with Gasteiger partial charge in [0, 0.05) is 12.1 Å². The molecule has 2 aliphatic carbocycles. The van der Waals surface area contributed by atoms with Gasteiger partial charge in [-0.3, -0.25) is 18.7 Å². The Balaban J connectivity index is 1.66. The molecular formula is C26H30N4O4. The molecule has 8 nitrogen and oxygen atoms in total. The van der Waals surface area contributed by atoms with Gasteiger partial charge in [-0.15, -0.1) is 0 Å². The largest absolute Gasteiger partial charge is 0.494 e. The van der Waals surface area contributed by atoms with Gasteiger partial charge in [-0.05, 0) is 57.2 Å². The fraction of sp³-hybridized carbons (Fsp3) is 0.462. The van der Waals surface area contributed by atoms with Gasteiger partial charge in [-0.1, -0.05) is 43.9 Å². The number of aromatic hydroxyl groups is 1. The van der Waals surface area contributed by atoms with Crippen molar-refractivity contribution in [2.24, 2.45) is 5.10 Å². The Bertz CT molecular complexity index is 1320. The monoisotopic (exact) mass is 462 g/mol. The highest BCUT2D eigenvalue weighted by molar-refractivity contribution is 6.32. The van der Waals surface area contributed by atoms with Crippen LogP contribution < -0.4 is 16.3 Å². The Labute approximate surface area is 197 Å². The average molecular weight is 463 g/mol. The SMILES string of the molecule is CC1=NN(c2ccccc2C)C(=O)/C1=C\c1c(O)n(C2CCCC2)c(=O)n(C2CCCC2)c1=O. The lowest BCUT2D eigenvalue weighted by molar-refractivity contribution is -0.114. The van der Waals surface area contributed by atoms with Crippen LogP contribution in [0.4, 0.5) is 5.69 Å². The van der Waals surface area contributed by atoms with Crippen molar-refractivity contribution >= 4 is 23.4 Å². The summed E-state index contributed by atoms with van der Waals surface area (Å²) in [5.74, 6) is -0.713. The third kappa shape index (κ3) is 3.61. The maximum absolute atomic E-state index is 13.6. The van der Waals surface area contributed by atoms with Crippen molar-refractivity contribution < 1.29 is 9.90 Å². The van der Waals surface area contributed by atoms with Crippen LogP contribution in [0.3, 0.4) is 0 Å². The molecule has 3 aliphatic rings. The summed E-state index contributed by atoms with van der Waals surface area (Å²) in [5.41, 5.74) is 1.28. The predicted molar refractivity (Wildman–Crippen MR) is 131 cm³/mol. The predicted octanol–water partition coefficient (Wildman–Crippen LogP) is 4.06. The van der Waals surface area contributed by atoms with E-state index in [4.69, 9.17) is 0 Å². The molecule has 2 heterocycles. The van der Waals surface area contributed by atoms with Crippen LogP contribution in [-0.4, -0.2) is 25.9 Å². The molecule has 8 heteroatoms. The van der Waals surface area contributed by atoms with Gasteiger partial charge in [-0.2, -0.15) is 10.1 Å². The first-order valence-electron chi connectivity index (χ1n) is 12.2. The van der Waals surface area contributed by atoms with E-state index < -0.39 is 11.2 Å². The Morgan fingerprint density at radius 1 is 0.912 bits per heavy atom. The van der Waals surface area contributed by atoms with E-state index in [1.54, 1.807) is 6.92 Å². The topological polar surface area (TPSA) is 96.9 Å². The number of carbonyl (C=O) groups is 1. The molecule has 0 unspecified atom stereocenters. The second-order valence-corrected chi connectivity index (χ2v) is 9.59. The second-order valence-electron chi connectivity index (χ2n) is 9.59. The molecule has 5 rings (SSSR count). The first-order chi connectivity index (χ1) is 16.4. The van der Waals surface area contributed by atoms with Gasteiger partial charge in [0.1, 0.15) is 5.56 Å². The highest BCUT2D eigenvalue weighted by Gasteiger charge is 2.33. The molecule has 1 aliphatic heterocycles. The van der Waals surface area contributed by atoms with Crippen LogP contribution in [0, 0.1) is 6.92 Å². The van der Waals surface area contributed by atoms with Crippen molar-refractivity contribution in [3.8, 4) is 5.88 Å². The standard InChI is InChI=1S/C26H30N4O4/c1-16-9-3-8-14-22(16)30-25(33)20(17(2)27-30)15-21-23(31)28(18-10-4-5-11-18)26(34)29(24(21)32)19-12-6-7-13-19/h3,8-9,14-15,18-19,31H,4-7,10-13H2,1-2H3/b20-15-. The lowest BCUT2D eigenvalue weighted by Gasteiger charge is -2.22. The smallest absolute Gasteiger partial charge is 0.334 e. The molecule has 2 saturated carbocycles. The van der Waals surface area contributed by atoms with Gasteiger partial charge < -0.3 is 5.11 Å². The number of nitrogens with zero attached hydrogens (tertiary/aromatic N) is 4. The third-order valence-corrected chi connectivity index (χ3v) is 7.41. The van der Waals surface area contributed by atoms with Crippen molar-refractivity contribution in [1.82, 2.24) is 9.13 Å². The van der Waals surface area contributed by atoms with Gasteiger partial charge in [0.15, 0.2) is 0 Å². The van der Waals surface area contributed by atoms with Crippen LogP contribution in [0.1, 0.15) is 81.5 Å². The van der Waals surface area contributed by atoms with Gasteiger partial charge >= 0.3 is 5.69 Å². The number of anilines is 1. The lowest BCUT2D eigenvalue weighted by Crippen LogP contribution is -2.43. The second kappa shape index (κ2) is 8.74. The highest BCUT2D eigenvalue weighted by atomic mass is 16.3. The van der Waals surface area contributed by atoms with E-state index in [1.807, 2.05) is 31.2 Å². The third-order valence-electron chi connectivity index (χ3n) is 7.41. The Hall–Kier alpha value is -3.42. The van der Waals surface area contributed by atoms with E-state index in [1.165, 1.54) is 20.2 Å². The maximum atomic E-state index is 13.6. The van der Waals surface area contributed by atoms with E-state index in [9.17, 15) is 19.5 Å². The Morgan fingerprint density at radius 3 is 2.12 bits per heavy atom. The minimum Gasteiger partial charge on any atom is -0.494 e. The maximum Gasteiger partial charge on any atom is 0.334 e. The Morgan fingerprint density at radius 2 is 1.50 bits per heavy atom. The summed E-state index contributed by atoms with van der Waals surface area (Å²) in [4.78, 5) is 40.3. The number of amides is 1. The molecule has 0 atom stereocenters. The number of aromatic nitrogens is 2. The summed E-state index contributed by atoms with van der Waals surface area (Å²) in [5, 5.41) is 16.9. The fourth-order valence-electron chi connectivity index (χ4n) is 5.54. The van der Waals surface area contributed by atoms with E-state index in [2.05, 4.69) is 5.10 Å². The zero-order valence-electron chi connectivity index (χ0n) is 19.7. The normalized spacial score (nSPS) is 20.6. The zero-order valence-corrected chi connectivity index (χ0v) is 19.7. The van der Waals surface area contributed by atoms with Crippen LogP contribution in [0.25, 0.3) is 6.08 Å². The first kappa shape index (κ1) is 22.4. The number of hydrogen-bond acceptors (Lipinski definition) is 5. The van der Waals surface area contributed by atoms with Gasteiger partial charge in [0.05, 0.1) is 17.0 Å².